The average molecular weight is 423 g/mol. The zero-order valence-electron chi connectivity index (χ0n) is 10.7. The van der Waals surface area contributed by atoms with Crippen molar-refractivity contribution in [3.8, 4) is 0 Å². The molecule has 0 aliphatic heterocycles. The maximum atomic E-state index is 11.8. The summed E-state index contributed by atoms with van der Waals surface area (Å²) in [5.74, 6) is -1.87. The Hall–Kier alpha value is -1.61. The molecule has 0 heterocycles. The molecule has 1 rings (SSSR count). The number of hydrogen-bond donors (Lipinski definition) is 4. The van der Waals surface area contributed by atoms with Crippen LogP contribution in [0.4, 0.5) is 10.5 Å². The van der Waals surface area contributed by atoms with Gasteiger partial charge in [0.15, 0.2) is 0 Å². The van der Waals surface area contributed by atoms with Crippen molar-refractivity contribution in [3.05, 3.63) is 27.1 Å². The number of carbonyl (C=O) groups excluding carboxylic acids is 2. The number of rotatable bonds is 6. The number of nitrogens with two attached hydrogens (primary N) is 1. The number of carboxylic acids is 1. The van der Waals surface area contributed by atoms with Crippen LogP contribution in [0.25, 0.3) is 0 Å². The maximum Gasteiger partial charge on any atom is 0.326 e. The monoisotopic (exact) mass is 421 g/mol. The number of amides is 3. The van der Waals surface area contributed by atoms with Crippen LogP contribution in [0.15, 0.2) is 27.1 Å². The molecule has 21 heavy (non-hydrogen) atoms. The number of primary amides is 1. The minimum atomic E-state index is -1.24. The Bertz CT molecular complexity index is 545. The summed E-state index contributed by atoms with van der Waals surface area (Å²) in [6, 6.07) is 3.33. The average Bonchev–Trinajstić information content (AvgIpc) is 2.38. The summed E-state index contributed by atoms with van der Waals surface area (Å²) < 4.78 is 1.27. The third kappa shape index (κ3) is 5.72. The second-order valence-corrected chi connectivity index (χ2v) is 5.80. The molecule has 5 N–H and O–H groups in total. The molecule has 1 aromatic carbocycles. The van der Waals surface area contributed by atoms with Gasteiger partial charge in [-0.05, 0) is 50.4 Å². The fraction of sp³-hybridized carbons (Fsp3) is 0.250. The minimum absolute atomic E-state index is 0.0742. The first-order valence-corrected chi connectivity index (χ1v) is 7.42. The van der Waals surface area contributed by atoms with Gasteiger partial charge in [-0.15, -0.1) is 0 Å². The number of anilines is 1. The number of benzene rings is 1. The van der Waals surface area contributed by atoms with Crippen LogP contribution in [0.5, 0.6) is 0 Å². The summed E-state index contributed by atoms with van der Waals surface area (Å²) >= 11 is 6.54. The van der Waals surface area contributed by atoms with Crippen LogP contribution in [-0.2, 0) is 9.59 Å². The molecule has 0 fully saturated rings. The summed E-state index contributed by atoms with van der Waals surface area (Å²) in [6.45, 7) is 0. The normalized spacial score (nSPS) is 11.5. The first kappa shape index (κ1) is 17.4. The van der Waals surface area contributed by atoms with Gasteiger partial charge in [0, 0.05) is 15.4 Å². The van der Waals surface area contributed by atoms with Gasteiger partial charge in [0.1, 0.15) is 6.04 Å². The summed E-state index contributed by atoms with van der Waals surface area (Å²) in [7, 11) is 0. The number of hydrogen-bond acceptors (Lipinski definition) is 3. The van der Waals surface area contributed by atoms with E-state index in [4.69, 9.17) is 10.8 Å². The Morgan fingerprint density at radius 2 is 1.81 bits per heavy atom. The van der Waals surface area contributed by atoms with E-state index in [1.54, 1.807) is 18.2 Å². The highest BCUT2D eigenvalue weighted by Crippen LogP contribution is 2.30. The summed E-state index contributed by atoms with van der Waals surface area (Å²) in [5, 5.41) is 13.8. The van der Waals surface area contributed by atoms with Crippen LogP contribution in [0, 0.1) is 0 Å². The summed E-state index contributed by atoms with van der Waals surface area (Å²) in [6.07, 6.45) is -0.203. The van der Waals surface area contributed by atoms with Crippen LogP contribution in [0.3, 0.4) is 0 Å². The largest absolute Gasteiger partial charge is 0.480 e. The van der Waals surface area contributed by atoms with Gasteiger partial charge in [-0.25, -0.2) is 9.59 Å². The van der Waals surface area contributed by atoms with Crippen molar-refractivity contribution in [1.29, 1.82) is 0 Å². The molecule has 1 aromatic rings. The lowest BCUT2D eigenvalue weighted by Gasteiger charge is -2.15. The Kier molecular flexibility index (Phi) is 6.63. The number of aliphatic carboxylic acids is 1. The van der Waals surface area contributed by atoms with Crippen molar-refractivity contribution in [1.82, 2.24) is 5.32 Å². The van der Waals surface area contributed by atoms with E-state index < -0.39 is 23.9 Å². The Balaban J connectivity index is 2.70. The van der Waals surface area contributed by atoms with E-state index >= 15 is 0 Å². The SMILES string of the molecule is NC(=O)CCC(NC(=O)Nc1c(Br)cccc1Br)C(=O)O. The molecule has 0 aliphatic carbocycles. The zero-order valence-corrected chi connectivity index (χ0v) is 13.9. The van der Waals surface area contributed by atoms with Gasteiger partial charge in [-0.1, -0.05) is 6.07 Å². The molecule has 3 amide bonds. The molecule has 7 nitrogen and oxygen atoms in total. The number of halogens is 2. The lowest BCUT2D eigenvalue weighted by Crippen LogP contribution is -2.43. The van der Waals surface area contributed by atoms with E-state index in [2.05, 4.69) is 42.5 Å². The highest BCUT2D eigenvalue weighted by molar-refractivity contribution is 9.11. The predicted molar refractivity (Wildman–Crippen MR) is 83.8 cm³/mol. The van der Waals surface area contributed by atoms with Gasteiger partial charge in [-0.2, -0.15) is 0 Å². The third-order valence-corrected chi connectivity index (χ3v) is 3.81. The molecule has 0 spiro atoms. The predicted octanol–water partition coefficient (Wildman–Crippen LogP) is 2.05. The van der Waals surface area contributed by atoms with Crippen LogP contribution in [-0.4, -0.2) is 29.1 Å². The van der Waals surface area contributed by atoms with Crippen molar-refractivity contribution in [3.63, 3.8) is 0 Å². The van der Waals surface area contributed by atoms with Crippen molar-refractivity contribution < 1.29 is 19.5 Å². The van der Waals surface area contributed by atoms with E-state index in [0.717, 1.165) is 0 Å². The molecule has 9 heteroatoms. The molecule has 0 aliphatic rings. The first-order valence-electron chi connectivity index (χ1n) is 5.84. The number of nitrogens with one attached hydrogen (secondary N) is 2. The van der Waals surface area contributed by atoms with E-state index in [-0.39, 0.29) is 12.8 Å². The van der Waals surface area contributed by atoms with E-state index in [1.165, 1.54) is 0 Å². The first-order chi connectivity index (χ1) is 9.81. The van der Waals surface area contributed by atoms with E-state index in [9.17, 15) is 14.4 Å². The van der Waals surface area contributed by atoms with Crippen LogP contribution in [0.1, 0.15) is 12.8 Å². The minimum Gasteiger partial charge on any atom is -0.480 e. The second kappa shape index (κ2) is 7.99. The second-order valence-electron chi connectivity index (χ2n) is 4.09. The number of urea groups is 1. The van der Waals surface area contributed by atoms with Crippen molar-refractivity contribution in [2.24, 2.45) is 5.73 Å². The zero-order chi connectivity index (χ0) is 16.0. The molecule has 0 bridgehead atoms. The van der Waals surface area contributed by atoms with Gasteiger partial charge in [0.05, 0.1) is 5.69 Å². The Labute approximate surface area is 137 Å². The standard InChI is InChI=1S/C12H13Br2N3O4/c13-6-2-1-3-7(14)10(6)17-12(21)16-8(11(19)20)4-5-9(15)18/h1-3,8H,4-5H2,(H2,15,18)(H,19,20)(H2,16,17,21). The lowest BCUT2D eigenvalue weighted by atomic mass is 10.1. The molecule has 0 saturated carbocycles. The van der Waals surface area contributed by atoms with Crippen molar-refractivity contribution >= 4 is 55.5 Å². The molecular formula is C12H13Br2N3O4. The highest BCUT2D eigenvalue weighted by Gasteiger charge is 2.21. The topological polar surface area (TPSA) is 122 Å². The van der Waals surface area contributed by atoms with Gasteiger partial charge < -0.3 is 21.5 Å². The molecule has 1 atom stereocenters. The van der Waals surface area contributed by atoms with Gasteiger partial charge >= 0.3 is 12.0 Å². The number of para-hydroxylation sites is 1. The van der Waals surface area contributed by atoms with Crippen molar-refractivity contribution in [2.75, 3.05) is 5.32 Å². The fourth-order valence-electron chi connectivity index (χ4n) is 1.47. The highest BCUT2D eigenvalue weighted by atomic mass is 79.9. The number of carbonyl (C=O) groups is 3. The Morgan fingerprint density at radius 3 is 2.29 bits per heavy atom. The smallest absolute Gasteiger partial charge is 0.326 e. The van der Waals surface area contributed by atoms with Gasteiger partial charge in [-0.3, -0.25) is 4.79 Å². The van der Waals surface area contributed by atoms with Gasteiger partial charge in [0.2, 0.25) is 5.91 Å². The van der Waals surface area contributed by atoms with Crippen LogP contribution >= 0.6 is 31.9 Å². The lowest BCUT2D eigenvalue weighted by molar-refractivity contribution is -0.139. The summed E-state index contributed by atoms with van der Waals surface area (Å²) in [5.41, 5.74) is 5.43. The van der Waals surface area contributed by atoms with Crippen LogP contribution < -0.4 is 16.4 Å². The van der Waals surface area contributed by atoms with E-state index in [0.29, 0.717) is 14.6 Å². The van der Waals surface area contributed by atoms with E-state index in [1.807, 2.05) is 0 Å². The van der Waals surface area contributed by atoms with Crippen molar-refractivity contribution in [2.45, 2.75) is 18.9 Å². The molecule has 1 unspecified atom stereocenters. The maximum absolute atomic E-state index is 11.8. The fourth-order valence-corrected chi connectivity index (χ4v) is 2.67. The molecule has 0 radical (unpaired) electrons. The molecule has 0 aromatic heterocycles. The quantitative estimate of drug-likeness (QED) is 0.560. The third-order valence-electron chi connectivity index (χ3n) is 2.48. The Morgan fingerprint density at radius 1 is 1.24 bits per heavy atom. The number of carboxylic acid groups (broad SMARTS) is 1. The van der Waals surface area contributed by atoms with Crippen LogP contribution in [0.2, 0.25) is 0 Å². The summed E-state index contributed by atoms with van der Waals surface area (Å²) in [4.78, 5) is 33.5. The van der Waals surface area contributed by atoms with Gasteiger partial charge in [0.25, 0.3) is 0 Å². The molecular weight excluding hydrogens is 410 g/mol. The molecule has 0 saturated heterocycles. The molecule has 114 valence electrons.